The molecule has 0 aliphatic heterocycles. The summed E-state index contributed by atoms with van der Waals surface area (Å²) >= 11 is 0. The number of carbonyl (C=O) groups is 2. The van der Waals surface area contributed by atoms with Crippen molar-refractivity contribution in [1.29, 1.82) is 0 Å². The molecule has 1 aromatic carbocycles. The number of ketones is 1. The maximum Gasteiger partial charge on any atom is 0.239 e. The third kappa shape index (κ3) is 4.27. The van der Waals surface area contributed by atoms with Gasteiger partial charge in [-0.2, -0.15) is 0 Å². The number of anilines is 1. The van der Waals surface area contributed by atoms with Gasteiger partial charge in [-0.25, -0.2) is 0 Å². The lowest BCUT2D eigenvalue weighted by atomic mass is 9.87. The average Bonchev–Trinajstić information content (AvgIpc) is 2.68. The molecule has 6 heteroatoms. The number of methoxy groups -OCH3 is 2. The zero-order valence-electron chi connectivity index (χ0n) is 15.1. The number of amides is 1. The number of benzene rings is 1. The third-order valence-corrected chi connectivity index (χ3v) is 4.06. The summed E-state index contributed by atoms with van der Waals surface area (Å²) in [5, 5.41) is 2.78. The monoisotopic (exact) mass is 354 g/mol. The fourth-order valence-electron chi connectivity index (χ4n) is 2.49. The van der Waals surface area contributed by atoms with E-state index in [1.165, 1.54) is 13.2 Å². The van der Waals surface area contributed by atoms with E-state index < -0.39 is 17.7 Å². The first-order chi connectivity index (χ1) is 12.5. The van der Waals surface area contributed by atoms with Crippen LogP contribution in [0.1, 0.15) is 18.4 Å². The van der Waals surface area contributed by atoms with Gasteiger partial charge in [-0.3, -0.25) is 14.6 Å². The Bertz CT molecular complexity index is 790. The molecule has 0 spiro atoms. The second-order valence-electron chi connectivity index (χ2n) is 5.70. The van der Waals surface area contributed by atoms with E-state index in [4.69, 9.17) is 9.47 Å². The van der Waals surface area contributed by atoms with Gasteiger partial charge in [0.05, 0.1) is 19.9 Å². The van der Waals surface area contributed by atoms with Gasteiger partial charge in [0, 0.05) is 24.4 Å². The summed E-state index contributed by atoms with van der Waals surface area (Å²) in [6, 6.07) is 8.34. The summed E-state index contributed by atoms with van der Waals surface area (Å²) in [7, 11) is 3.04. The number of aromatic nitrogens is 1. The topological polar surface area (TPSA) is 77.5 Å². The molecule has 1 heterocycles. The molecule has 136 valence electrons. The molecular formula is C20H22N2O4. The number of Topliss-reactive ketones (excluding diaryl/α,β-unsaturated/α-hetero) is 1. The molecule has 6 nitrogen and oxygen atoms in total. The molecule has 0 aliphatic carbocycles. The normalized spacial score (nSPS) is 12.6. The van der Waals surface area contributed by atoms with Gasteiger partial charge in [-0.1, -0.05) is 13.0 Å². The van der Waals surface area contributed by atoms with Crippen molar-refractivity contribution >= 4 is 17.4 Å². The van der Waals surface area contributed by atoms with Crippen LogP contribution in [0.25, 0.3) is 0 Å². The SMILES string of the molecule is C=CC(C)C(=O)C(C(=O)Nc1ccc(OC)cc1OC)c1ccncc1. The minimum Gasteiger partial charge on any atom is -0.497 e. The van der Waals surface area contributed by atoms with Gasteiger partial charge in [0.15, 0.2) is 5.78 Å². The van der Waals surface area contributed by atoms with E-state index in [1.54, 1.807) is 56.8 Å². The average molecular weight is 354 g/mol. The highest BCUT2D eigenvalue weighted by atomic mass is 16.5. The number of nitrogens with one attached hydrogen (secondary N) is 1. The van der Waals surface area contributed by atoms with Crippen molar-refractivity contribution in [1.82, 2.24) is 4.98 Å². The molecule has 1 aromatic heterocycles. The van der Waals surface area contributed by atoms with Gasteiger partial charge in [-0.05, 0) is 29.8 Å². The standard InChI is InChI=1S/C20H22N2O4/c1-5-13(2)19(23)18(14-8-10-21-11-9-14)20(24)22-16-7-6-15(25-3)12-17(16)26-4/h5-13,18H,1H2,2-4H3,(H,22,24). The summed E-state index contributed by atoms with van der Waals surface area (Å²) in [6.07, 6.45) is 4.63. The van der Waals surface area contributed by atoms with E-state index in [0.29, 0.717) is 22.7 Å². The Morgan fingerprint density at radius 3 is 2.42 bits per heavy atom. The van der Waals surface area contributed by atoms with Crippen molar-refractivity contribution in [3.8, 4) is 11.5 Å². The fraction of sp³-hybridized carbons (Fsp3) is 0.250. The summed E-state index contributed by atoms with van der Waals surface area (Å²) in [5.41, 5.74) is 1.03. The van der Waals surface area contributed by atoms with Gasteiger partial charge in [0.2, 0.25) is 5.91 Å². The van der Waals surface area contributed by atoms with Crippen molar-refractivity contribution in [2.45, 2.75) is 12.8 Å². The van der Waals surface area contributed by atoms with E-state index in [0.717, 1.165) is 0 Å². The Balaban J connectivity index is 2.36. The van der Waals surface area contributed by atoms with Crippen LogP contribution in [0.4, 0.5) is 5.69 Å². The largest absolute Gasteiger partial charge is 0.497 e. The van der Waals surface area contributed by atoms with Crippen LogP contribution in [0.15, 0.2) is 55.4 Å². The molecule has 0 fully saturated rings. The second kappa shape index (κ2) is 8.80. The number of carbonyl (C=O) groups excluding carboxylic acids is 2. The number of rotatable bonds is 8. The molecule has 0 aliphatic rings. The molecule has 2 aromatic rings. The molecule has 2 rings (SSSR count). The van der Waals surface area contributed by atoms with Gasteiger partial charge < -0.3 is 14.8 Å². The molecule has 0 bridgehead atoms. The van der Waals surface area contributed by atoms with Crippen molar-refractivity contribution in [3.63, 3.8) is 0 Å². The second-order valence-corrected chi connectivity index (χ2v) is 5.70. The predicted molar refractivity (Wildman–Crippen MR) is 99.5 cm³/mol. The first-order valence-corrected chi connectivity index (χ1v) is 8.11. The summed E-state index contributed by atoms with van der Waals surface area (Å²) in [5.74, 6) is -1.08. The fourth-order valence-corrected chi connectivity index (χ4v) is 2.49. The lowest BCUT2D eigenvalue weighted by molar-refractivity contribution is -0.129. The first kappa shape index (κ1) is 19.2. The number of hydrogen-bond donors (Lipinski definition) is 1. The van der Waals surface area contributed by atoms with E-state index in [-0.39, 0.29) is 5.78 Å². The lowest BCUT2D eigenvalue weighted by Gasteiger charge is -2.19. The molecule has 1 amide bonds. The number of allylic oxidation sites excluding steroid dienone is 1. The van der Waals surface area contributed by atoms with Crippen LogP contribution >= 0.6 is 0 Å². The van der Waals surface area contributed by atoms with Gasteiger partial charge in [0.25, 0.3) is 0 Å². The minimum atomic E-state index is -0.974. The smallest absolute Gasteiger partial charge is 0.239 e. The number of pyridine rings is 1. The van der Waals surface area contributed by atoms with Crippen molar-refractivity contribution in [2.75, 3.05) is 19.5 Å². The zero-order valence-corrected chi connectivity index (χ0v) is 15.1. The van der Waals surface area contributed by atoms with E-state index in [9.17, 15) is 9.59 Å². The van der Waals surface area contributed by atoms with Crippen LogP contribution in [0.2, 0.25) is 0 Å². The maximum absolute atomic E-state index is 12.9. The molecule has 0 saturated heterocycles. The van der Waals surface area contributed by atoms with Gasteiger partial charge in [-0.15, -0.1) is 6.58 Å². The van der Waals surface area contributed by atoms with Gasteiger partial charge in [0.1, 0.15) is 17.4 Å². The van der Waals surface area contributed by atoms with Crippen LogP contribution in [0.5, 0.6) is 11.5 Å². The molecule has 0 radical (unpaired) electrons. The van der Waals surface area contributed by atoms with E-state index in [2.05, 4.69) is 16.9 Å². The van der Waals surface area contributed by atoms with Crippen LogP contribution in [-0.2, 0) is 9.59 Å². The lowest BCUT2D eigenvalue weighted by Crippen LogP contribution is -2.31. The molecule has 2 unspecified atom stereocenters. The van der Waals surface area contributed by atoms with Gasteiger partial charge >= 0.3 is 0 Å². The molecule has 0 saturated carbocycles. The van der Waals surface area contributed by atoms with Crippen LogP contribution in [0, 0.1) is 5.92 Å². The Morgan fingerprint density at radius 2 is 1.85 bits per heavy atom. The highest BCUT2D eigenvalue weighted by Gasteiger charge is 2.31. The molecule has 26 heavy (non-hydrogen) atoms. The predicted octanol–water partition coefficient (Wildman–Crippen LogP) is 3.21. The first-order valence-electron chi connectivity index (χ1n) is 8.11. The van der Waals surface area contributed by atoms with Crippen molar-refractivity contribution in [2.24, 2.45) is 5.92 Å². The minimum absolute atomic E-state index is 0.240. The Morgan fingerprint density at radius 1 is 1.15 bits per heavy atom. The maximum atomic E-state index is 12.9. The number of ether oxygens (including phenoxy) is 2. The molecule has 2 atom stereocenters. The Kier molecular flexibility index (Phi) is 6.49. The Hall–Kier alpha value is -3.15. The summed E-state index contributed by atoms with van der Waals surface area (Å²) < 4.78 is 10.5. The quantitative estimate of drug-likeness (QED) is 0.582. The number of nitrogens with zero attached hydrogens (tertiary/aromatic N) is 1. The summed E-state index contributed by atoms with van der Waals surface area (Å²) in [4.78, 5) is 29.6. The summed E-state index contributed by atoms with van der Waals surface area (Å²) in [6.45, 7) is 5.36. The van der Waals surface area contributed by atoms with Crippen LogP contribution in [0.3, 0.4) is 0 Å². The van der Waals surface area contributed by atoms with Crippen LogP contribution < -0.4 is 14.8 Å². The van der Waals surface area contributed by atoms with Crippen LogP contribution in [-0.4, -0.2) is 30.9 Å². The highest BCUT2D eigenvalue weighted by Crippen LogP contribution is 2.31. The molecular weight excluding hydrogens is 332 g/mol. The third-order valence-electron chi connectivity index (χ3n) is 4.06. The zero-order chi connectivity index (χ0) is 19.1. The number of hydrogen-bond acceptors (Lipinski definition) is 5. The molecule has 1 N–H and O–H groups in total. The Labute approximate surface area is 152 Å². The van der Waals surface area contributed by atoms with Crippen molar-refractivity contribution in [3.05, 3.63) is 60.9 Å². The van der Waals surface area contributed by atoms with E-state index >= 15 is 0 Å². The van der Waals surface area contributed by atoms with Crippen molar-refractivity contribution < 1.29 is 19.1 Å². The highest BCUT2D eigenvalue weighted by molar-refractivity contribution is 6.13. The van der Waals surface area contributed by atoms with E-state index in [1.807, 2.05) is 0 Å².